The third-order valence-electron chi connectivity index (χ3n) is 4.24. The Labute approximate surface area is 130 Å². The number of hydrogen-bond acceptors (Lipinski definition) is 3. The van der Waals surface area contributed by atoms with Crippen molar-refractivity contribution in [2.24, 2.45) is 5.73 Å². The zero-order valence-electron chi connectivity index (χ0n) is 12.3. The van der Waals surface area contributed by atoms with Crippen molar-refractivity contribution >= 4 is 15.9 Å². The maximum absolute atomic E-state index is 10.6. The lowest BCUT2D eigenvalue weighted by Crippen LogP contribution is -2.45. The van der Waals surface area contributed by atoms with Crippen molar-refractivity contribution in [1.82, 2.24) is 4.90 Å². The van der Waals surface area contributed by atoms with Gasteiger partial charge in [0.1, 0.15) is 0 Å². The highest BCUT2D eigenvalue weighted by molar-refractivity contribution is 9.10. The molecule has 1 fully saturated rings. The van der Waals surface area contributed by atoms with Crippen LogP contribution < -0.4 is 5.73 Å². The van der Waals surface area contributed by atoms with Gasteiger partial charge in [0, 0.05) is 23.1 Å². The Morgan fingerprint density at radius 3 is 2.60 bits per heavy atom. The maximum Gasteiger partial charge on any atom is 0.0774 e. The molecule has 2 unspecified atom stereocenters. The molecule has 112 valence electrons. The van der Waals surface area contributed by atoms with Gasteiger partial charge in [-0.05, 0) is 44.5 Å². The number of nitrogens with two attached hydrogens (primary N) is 1. The summed E-state index contributed by atoms with van der Waals surface area (Å²) in [6, 6.07) is 8.41. The van der Waals surface area contributed by atoms with Crippen molar-refractivity contribution in [2.75, 3.05) is 13.6 Å². The lowest BCUT2D eigenvalue weighted by atomic mass is 9.96. The van der Waals surface area contributed by atoms with Crippen molar-refractivity contribution in [2.45, 2.75) is 50.3 Å². The minimum atomic E-state index is -0.534. The van der Waals surface area contributed by atoms with Crippen LogP contribution in [0.2, 0.25) is 0 Å². The van der Waals surface area contributed by atoms with Crippen molar-refractivity contribution in [3.63, 3.8) is 0 Å². The maximum atomic E-state index is 10.6. The van der Waals surface area contributed by atoms with Crippen LogP contribution in [0.1, 0.15) is 44.2 Å². The SMILES string of the molecule is CC(N)C(c1cccc(Br)c1)N(C)CC1(O)CCCC1. The van der Waals surface area contributed by atoms with Gasteiger partial charge in [0.05, 0.1) is 5.60 Å². The van der Waals surface area contributed by atoms with Gasteiger partial charge in [0.2, 0.25) is 0 Å². The van der Waals surface area contributed by atoms with Crippen LogP contribution in [0.5, 0.6) is 0 Å². The fraction of sp³-hybridized carbons (Fsp3) is 0.625. The summed E-state index contributed by atoms with van der Waals surface area (Å²) >= 11 is 3.52. The molecule has 1 aliphatic rings. The van der Waals surface area contributed by atoms with Crippen molar-refractivity contribution in [1.29, 1.82) is 0 Å². The fourth-order valence-corrected chi connectivity index (χ4v) is 3.82. The molecule has 0 radical (unpaired) electrons. The zero-order valence-corrected chi connectivity index (χ0v) is 13.9. The zero-order chi connectivity index (χ0) is 14.8. The summed E-state index contributed by atoms with van der Waals surface area (Å²) in [6.45, 7) is 2.71. The summed E-state index contributed by atoms with van der Waals surface area (Å²) in [7, 11) is 2.06. The van der Waals surface area contributed by atoms with Crippen molar-refractivity contribution < 1.29 is 5.11 Å². The average Bonchev–Trinajstić information content (AvgIpc) is 2.75. The van der Waals surface area contributed by atoms with Crippen LogP contribution in [0.3, 0.4) is 0 Å². The molecular formula is C16H25BrN2O. The van der Waals surface area contributed by atoms with Gasteiger partial charge in [-0.15, -0.1) is 0 Å². The Hall–Kier alpha value is -0.420. The van der Waals surface area contributed by atoms with Gasteiger partial charge in [0.25, 0.3) is 0 Å². The van der Waals surface area contributed by atoms with Crippen LogP contribution in [-0.2, 0) is 0 Å². The smallest absolute Gasteiger partial charge is 0.0774 e. The van der Waals surface area contributed by atoms with E-state index in [2.05, 4.69) is 40.0 Å². The lowest BCUT2D eigenvalue weighted by Gasteiger charge is -2.36. The number of rotatable bonds is 5. The Morgan fingerprint density at radius 1 is 1.40 bits per heavy atom. The van der Waals surface area contributed by atoms with Crippen LogP contribution in [-0.4, -0.2) is 35.2 Å². The first-order chi connectivity index (χ1) is 9.41. The summed E-state index contributed by atoms with van der Waals surface area (Å²) in [5, 5.41) is 10.6. The molecule has 1 aromatic carbocycles. The highest BCUT2D eigenvalue weighted by atomic mass is 79.9. The molecular weight excluding hydrogens is 316 g/mol. The standard InChI is InChI=1S/C16H25BrN2O/c1-12(18)15(13-6-5-7-14(17)10-13)19(2)11-16(20)8-3-4-9-16/h5-7,10,12,15,20H,3-4,8-9,11,18H2,1-2H3. The minimum absolute atomic E-state index is 0.0132. The fourth-order valence-electron chi connectivity index (χ4n) is 3.40. The quantitative estimate of drug-likeness (QED) is 0.865. The number of nitrogens with zero attached hydrogens (tertiary/aromatic N) is 1. The molecule has 0 amide bonds. The van der Waals surface area contributed by atoms with E-state index in [1.54, 1.807) is 0 Å². The van der Waals surface area contributed by atoms with Gasteiger partial charge >= 0.3 is 0 Å². The summed E-state index contributed by atoms with van der Waals surface area (Å²) in [6.07, 6.45) is 4.07. The molecule has 2 atom stereocenters. The van der Waals surface area contributed by atoms with Crippen LogP contribution in [0.25, 0.3) is 0 Å². The van der Waals surface area contributed by atoms with Crippen LogP contribution >= 0.6 is 15.9 Å². The summed E-state index contributed by atoms with van der Waals surface area (Å²) in [5.41, 5.74) is 6.86. The first-order valence-corrected chi connectivity index (χ1v) is 8.14. The Morgan fingerprint density at radius 2 is 2.05 bits per heavy atom. The van der Waals surface area contributed by atoms with Crippen LogP contribution in [0.15, 0.2) is 28.7 Å². The van der Waals surface area contributed by atoms with Gasteiger partial charge in [-0.3, -0.25) is 4.90 Å². The van der Waals surface area contributed by atoms with E-state index in [0.29, 0.717) is 6.54 Å². The number of halogens is 1. The summed E-state index contributed by atoms with van der Waals surface area (Å²) in [4.78, 5) is 2.21. The van der Waals surface area contributed by atoms with E-state index < -0.39 is 5.60 Å². The molecule has 3 nitrogen and oxygen atoms in total. The molecule has 0 bridgehead atoms. The van der Waals surface area contributed by atoms with E-state index in [9.17, 15) is 5.11 Å². The molecule has 1 saturated carbocycles. The minimum Gasteiger partial charge on any atom is -0.389 e. The molecule has 1 aliphatic carbocycles. The molecule has 0 aliphatic heterocycles. The van der Waals surface area contributed by atoms with Gasteiger partial charge < -0.3 is 10.8 Å². The highest BCUT2D eigenvalue weighted by Crippen LogP contribution is 2.33. The second kappa shape index (κ2) is 6.56. The normalized spacial score (nSPS) is 21.1. The Balaban J connectivity index is 2.16. The second-order valence-electron chi connectivity index (χ2n) is 6.21. The third kappa shape index (κ3) is 3.82. The second-order valence-corrected chi connectivity index (χ2v) is 7.12. The van der Waals surface area contributed by atoms with Gasteiger partial charge in [-0.2, -0.15) is 0 Å². The first-order valence-electron chi connectivity index (χ1n) is 7.35. The molecule has 0 heterocycles. The molecule has 0 aromatic heterocycles. The molecule has 1 aromatic rings. The predicted molar refractivity (Wildman–Crippen MR) is 86.6 cm³/mol. The van der Waals surface area contributed by atoms with Crippen LogP contribution in [0, 0.1) is 0 Å². The molecule has 0 spiro atoms. The monoisotopic (exact) mass is 340 g/mol. The Kier molecular flexibility index (Phi) is 5.24. The molecule has 4 heteroatoms. The third-order valence-corrected chi connectivity index (χ3v) is 4.73. The first kappa shape index (κ1) is 16.0. The molecule has 2 rings (SSSR count). The molecule has 20 heavy (non-hydrogen) atoms. The van der Waals surface area contributed by atoms with E-state index in [4.69, 9.17) is 5.73 Å². The Bertz CT molecular complexity index is 444. The number of hydrogen-bond donors (Lipinski definition) is 2. The van der Waals surface area contributed by atoms with E-state index in [0.717, 1.165) is 30.2 Å². The van der Waals surface area contributed by atoms with Crippen molar-refractivity contribution in [3.8, 4) is 0 Å². The largest absolute Gasteiger partial charge is 0.389 e. The van der Waals surface area contributed by atoms with Gasteiger partial charge in [-0.1, -0.05) is 40.9 Å². The summed E-state index contributed by atoms with van der Waals surface area (Å²) < 4.78 is 1.06. The van der Waals surface area contributed by atoms with Crippen molar-refractivity contribution in [3.05, 3.63) is 34.3 Å². The van der Waals surface area contributed by atoms with E-state index in [1.807, 2.05) is 19.1 Å². The van der Waals surface area contributed by atoms with Gasteiger partial charge in [-0.25, -0.2) is 0 Å². The van der Waals surface area contributed by atoms with Crippen LogP contribution in [0.4, 0.5) is 0 Å². The summed E-state index contributed by atoms with van der Waals surface area (Å²) in [5.74, 6) is 0. The van der Waals surface area contributed by atoms with E-state index >= 15 is 0 Å². The predicted octanol–water partition coefficient (Wildman–Crippen LogP) is 3.07. The van der Waals surface area contributed by atoms with E-state index in [-0.39, 0.29) is 12.1 Å². The highest BCUT2D eigenvalue weighted by Gasteiger charge is 2.34. The molecule has 0 saturated heterocycles. The lowest BCUT2D eigenvalue weighted by molar-refractivity contribution is 0.00253. The van der Waals surface area contributed by atoms with Gasteiger partial charge in [0.15, 0.2) is 0 Å². The number of benzene rings is 1. The number of aliphatic hydroxyl groups is 1. The molecule has 3 N–H and O–H groups in total. The number of likely N-dealkylation sites (N-methyl/N-ethyl adjacent to an activating group) is 1. The van der Waals surface area contributed by atoms with E-state index in [1.165, 1.54) is 5.56 Å². The average molecular weight is 341 g/mol. The topological polar surface area (TPSA) is 49.5 Å².